The summed E-state index contributed by atoms with van der Waals surface area (Å²) >= 11 is 0. The maximum atomic E-state index is 13.4. The Bertz CT molecular complexity index is 693. The lowest BCUT2D eigenvalue weighted by atomic mass is 10.0. The van der Waals surface area contributed by atoms with Crippen LogP contribution in [0.1, 0.15) is 26.1 Å². The van der Waals surface area contributed by atoms with Crippen molar-refractivity contribution in [2.75, 3.05) is 7.11 Å². The van der Waals surface area contributed by atoms with Crippen molar-refractivity contribution in [2.45, 2.75) is 32.4 Å². The number of aromatic nitrogens is 2. The zero-order valence-electron chi connectivity index (χ0n) is 12.0. The van der Waals surface area contributed by atoms with E-state index in [-0.39, 0.29) is 11.0 Å². The van der Waals surface area contributed by atoms with Crippen LogP contribution < -0.4 is 0 Å². The van der Waals surface area contributed by atoms with E-state index in [0.29, 0.717) is 12.2 Å². The summed E-state index contributed by atoms with van der Waals surface area (Å²) in [5, 5.41) is 9.05. The van der Waals surface area contributed by atoms with Crippen LogP contribution in [0.25, 0.3) is 11.0 Å². The van der Waals surface area contributed by atoms with Gasteiger partial charge in [-0.15, -0.1) is 0 Å². The van der Waals surface area contributed by atoms with Crippen LogP contribution in [-0.4, -0.2) is 27.7 Å². The third-order valence-corrected chi connectivity index (χ3v) is 3.68. The van der Waals surface area contributed by atoms with Crippen LogP contribution >= 0.6 is 0 Å². The topological polar surface area (TPSA) is 64.4 Å². The molecule has 0 aliphatic heterocycles. The SMILES string of the molecule is CCC(C)(OC)c1nc2cc(F)c(F)cc2n1CC(=O)O. The van der Waals surface area contributed by atoms with Crippen LogP contribution in [0.4, 0.5) is 8.78 Å². The molecule has 0 saturated carbocycles. The summed E-state index contributed by atoms with van der Waals surface area (Å²) in [5.41, 5.74) is -0.425. The number of carbonyl (C=O) groups is 1. The molecule has 1 aromatic heterocycles. The van der Waals surface area contributed by atoms with E-state index in [2.05, 4.69) is 4.98 Å². The molecule has 1 aromatic carbocycles. The maximum Gasteiger partial charge on any atom is 0.323 e. The van der Waals surface area contributed by atoms with Crippen molar-refractivity contribution in [3.05, 3.63) is 29.6 Å². The molecule has 114 valence electrons. The van der Waals surface area contributed by atoms with E-state index in [1.165, 1.54) is 11.7 Å². The number of nitrogens with zero attached hydrogens (tertiary/aromatic N) is 2. The number of imidazole rings is 1. The molecule has 0 amide bonds. The molecule has 0 bridgehead atoms. The number of fused-ring (bicyclic) bond motifs is 1. The Morgan fingerprint density at radius 2 is 2.05 bits per heavy atom. The van der Waals surface area contributed by atoms with Crippen molar-refractivity contribution in [3.63, 3.8) is 0 Å². The van der Waals surface area contributed by atoms with E-state index in [1.54, 1.807) is 6.92 Å². The minimum Gasteiger partial charge on any atom is -0.480 e. The van der Waals surface area contributed by atoms with E-state index >= 15 is 0 Å². The van der Waals surface area contributed by atoms with Gasteiger partial charge in [-0.1, -0.05) is 6.92 Å². The summed E-state index contributed by atoms with van der Waals surface area (Å²) in [6, 6.07) is 1.91. The molecule has 5 nitrogen and oxygen atoms in total. The van der Waals surface area contributed by atoms with Crippen molar-refractivity contribution in [3.8, 4) is 0 Å². The molecule has 2 aromatic rings. The second kappa shape index (κ2) is 5.40. The molecule has 7 heteroatoms. The predicted octanol–water partition coefficient (Wildman–Crippen LogP) is 2.67. The van der Waals surface area contributed by atoms with Crippen molar-refractivity contribution < 1.29 is 23.4 Å². The maximum absolute atomic E-state index is 13.4. The van der Waals surface area contributed by atoms with Crippen LogP contribution in [-0.2, 0) is 21.7 Å². The minimum atomic E-state index is -1.10. The fraction of sp³-hybridized carbons (Fsp3) is 0.429. The average Bonchev–Trinajstić information content (AvgIpc) is 2.77. The molecule has 2 rings (SSSR count). The molecule has 0 saturated heterocycles. The summed E-state index contributed by atoms with van der Waals surface area (Å²) in [6.45, 7) is 3.20. The molecule has 0 spiro atoms. The van der Waals surface area contributed by atoms with Crippen LogP contribution in [0.15, 0.2) is 12.1 Å². The third kappa shape index (κ3) is 2.61. The van der Waals surface area contributed by atoms with Crippen molar-refractivity contribution in [2.24, 2.45) is 0 Å². The number of hydrogen-bond donors (Lipinski definition) is 1. The summed E-state index contributed by atoms with van der Waals surface area (Å²) in [6.07, 6.45) is 0.525. The molecule has 21 heavy (non-hydrogen) atoms. The van der Waals surface area contributed by atoms with E-state index in [9.17, 15) is 13.6 Å². The first-order valence-corrected chi connectivity index (χ1v) is 6.45. The second-order valence-electron chi connectivity index (χ2n) is 4.96. The predicted molar refractivity (Wildman–Crippen MR) is 71.9 cm³/mol. The Labute approximate surface area is 120 Å². The van der Waals surface area contributed by atoms with Crippen molar-refractivity contribution >= 4 is 17.0 Å². The Morgan fingerprint density at radius 1 is 1.43 bits per heavy atom. The number of aliphatic carboxylic acids is 1. The highest BCUT2D eigenvalue weighted by molar-refractivity contribution is 5.79. The van der Waals surface area contributed by atoms with Crippen molar-refractivity contribution in [1.82, 2.24) is 9.55 Å². The Balaban J connectivity index is 2.77. The number of carboxylic acid groups (broad SMARTS) is 1. The summed E-state index contributed by atoms with van der Waals surface area (Å²) in [4.78, 5) is 15.3. The fourth-order valence-electron chi connectivity index (χ4n) is 2.21. The molecule has 1 unspecified atom stereocenters. The first kappa shape index (κ1) is 15.4. The number of ether oxygens (including phenoxy) is 1. The molecule has 1 N–H and O–H groups in total. The standard InChI is InChI=1S/C14H16F2N2O3/c1-4-14(2,21-3)13-17-10-5-8(15)9(16)6-11(10)18(13)7-12(19)20/h5-6H,4,7H2,1-3H3,(H,19,20). The van der Waals surface area contributed by atoms with Gasteiger partial charge in [0.05, 0.1) is 11.0 Å². The van der Waals surface area contributed by atoms with E-state index < -0.39 is 29.7 Å². The normalized spacial score (nSPS) is 14.3. The van der Waals surface area contributed by atoms with Crippen LogP contribution in [0, 0.1) is 11.6 Å². The van der Waals surface area contributed by atoms with Gasteiger partial charge in [0.25, 0.3) is 0 Å². The van der Waals surface area contributed by atoms with Gasteiger partial charge in [0, 0.05) is 19.2 Å². The Morgan fingerprint density at radius 3 is 2.57 bits per heavy atom. The van der Waals surface area contributed by atoms with Gasteiger partial charge in [-0.2, -0.15) is 0 Å². The smallest absolute Gasteiger partial charge is 0.323 e. The highest BCUT2D eigenvalue weighted by Gasteiger charge is 2.31. The molecule has 0 radical (unpaired) electrons. The van der Waals surface area contributed by atoms with Gasteiger partial charge in [0.15, 0.2) is 11.6 Å². The third-order valence-electron chi connectivity index (χ3n) is 3.68. The quantitative estimate of drug-likeness (QED) is 0.921. The zero-order valence-corrected chi connectivity index (χ0v) is 12.0. The summed E-state index contributed by atoms with van der Waals surface area (Å²) in [5.74, 6) is -2.84. The van der Waals surface area contributed by atoms with Crippen LogP contribution in [0.3, 0.4) is 0 Å². The van der Waals surface area contributed by atoms with Crippen LogP contribution in [0.2, 0.25) is 0 Å². The first-order chi connectivity index (χ1) is 9.82. The summed E-state index contributed by atoms with van der Waals surface area (Å²) < 4.78 is 33.5. The molecule has 1 heterocycles. The largest absolute Gasteiger partial charge is 0.480 e. The molecular weight excluding hydrogens is 282 g/mol. The first-order valence-electron chi connectivity index (χ1n) is 6.45. The lowest BCUT2D eigenvalue weighted by molar-refractivity contribution is -0.137. The van der Waals surface area contributed by atoms with Gasteiger partial charge < -0.3 is 14.4 Å². The highest BCUT2D eigenvalue weighted by atomic mass is 19.2. The number of halogens is 2. The van der Waals surface area contributed by atoms with E-state index in [0.717, 1.165) is 12.1 Å². The van der Waals surface area contributed by atoms with Crippen molar-refractivity contribution in [1.29, 1.82) is 0 Å². The molecule has 0 aliphatic carbocycles. The second-order valence-corrected chi connectivity index (χ2v) is 4.96. The van der Waals surface area contributed by atoms with Crippen LogP contribution in [0.5, 0.6) is 0 Å². The number of carboxylic acids is 1. The molecule has 0 aliphatic rings. The van der Waals surface area contributed by atoms with E-state index in [4.69, 9.17) is 9.84 Å². The number of methoxy groups -OCH3 is 1. The molecule has 1 atom stereocenters. The minimum absolute atomic E-state index is 0.196. The van der Waals surface area contributed by atoms with Gasteiger partial charge in [-0.3, -0.25) is 4.79 Å². The van der Waals surface area contributed by atoms with Gasteiger partial charge in [-0.05, 0) is 13.3 Å². The fourth-order valence-corrected chi connectivity index (χ4v) is 2.21. The number of rotatable bonds is 5. The number of hydrogen-bond acceptors (Lipinski definition) is 3. The monoisotopic (exact) mass is 298 g/mol. The highest BCUT2D eigenvalue weighted by Crippen LogP contribution is 2.31. The lowest BCUT2D eigenvalue weighted by Crippen LogP contribution is -2.29. The van der Waals surface area contributed by atoms with Gasteiger partial charge >= 0.3 is 5.97 Å². The Hall–Kier alpha value is -2.02. The average molecular weight is 298 g/mol. The van der Waals surface area contributed by atoms with Gasteiger partial charge in [-0.25, -0.2) is 13.8 Å². The molecular formula is C14H16F2N2O3. The summed E-state index contributed by atoms with van der Waals surface area (Å²) in [7, 11) is 1.48. The van der Waals surface area contributed by atoms with Gasteiger partial charge in [0.1, 0.15) is 18.0 Å². The number of benzene rings is 1. The zero-order chi connectivity index (χ0) is 15.8. The Kier molecular flexibility index (Phi) is 3.95. The molecule has 0 fully saturated rings. The van der Waals surface area contributed by atoms with Gasteiger partial charge in [0.2, 0.25) is 0 Å². The lowest BCUT2D eigenvalue weighted by Gasteiger charge is -2.26. The van der Waals surface area contributed by atoms with E-state index in [1.807, 2.05) is 6.92 Å².